The molecule has 0 radical (unpaired) electrons. The fourth-order valence-electron chi connectivity index (χ4n) is 1.39. The van der Waals surface area contributed by atoms with Gasteiger partial charge in [0.2, 0.25) is 0 Å². The first-order valence-corrected chi connectivity index (χ1v) is 5.46. The van der Waals surface area contributed by atoms with E-state index in [-0.39, 0.29) is 6.61 Å². The molecule has 0 aliphatic carbocycles. The maximum Gasteiger partial charge on any atom is 0.0681 e. The highest BCUT2D eigenvalue weighted by Crippen LogP contribution is 2.03. The molecule has 15 heavy (non-hydrogen) atoms. The van der Waals surface area contributed by atoms with Crippen LogP contribution in [0.1, 0.15) is 24.0 Å². The maximum atomic E-state index is 8.87. The number of nitrogens with one attached hydrogen (secondary N) is 1. The summed E-state index contributed by atoms with van der Waals surface area (Å²) in [5.41, 5.74) is 7.61. The van der Waals surface area contributed by atoms with Gasteiger partial charge >= 0.3 is 0 Å². The number of rotatable bonds is 7. The van der Waals surface area contributed by atoms with E-state index in [0.29, 0.717) is 0 Å². The highest BCUT2D eigenvalue weighted by molar-refractivity contribution is 5.21. The number of nitrogens with two attached hydrogens (primary N) is 1. The van der Waals surface area contributed by atoms with Crippen LogP contribution >= 0.6 is 0 Å². The molecule has 84 valence electrons. The molecule has 0 heterocycles. The van der Waals surface area contributed by atoms with Crippen LogP contribution in [-0.4, -0.2) is 18.2 Å². The predicted molar refractivity (Wildman–Crippen MR) is 62.4 cm³/mol. The molecule has 4 N–H and O–H groups in total. The number of unbranched alkanes of at least 4 members (excludes halogenated alkanes) is 1. The van der Waals surface area contributed by atoms with Crippen LogP contribution in [-0.2, 0) is 13.2 Å². The highest BCUT2D eigenvalue weighted by Gasteiger charge is 1.93. The summed E-state index contributed by atoms with van der Waals surface area (Å²) < 4.78 is 0. The number of aliphatic hydroxyl groups is 1. The summed E-state index contributed by atoms with van der Waals surface area (Å²) >= 11 is 0. The smallest absolute Gasteiger partial charge is 0.0681 e. The third kappa shape index (κ3) is 4.93. The van der Waals surface area contributed by atoms with Gasteiger partial charge in [-0.15, -0.1) is 0 Å². The van der Waals surface area contributed by atoms with Crippen molar-refractivity contribution in [3.05, 3.63) is 35.4 Å². The summed E-state index contributed by atoms with van der Waals surface area (Å²) in [4.78, 5) is 0. The van der Waals surface area contributed by atoms with Gasteiger partial charge in [0.15, 0.2) is 0 Å². The van der Waals surface area contributed by atoms with Crippen LogP contribution in [0, 0.1) is 0 Å². The Morgan fingerprint density at radius 1 is 1.07 bits per heavy atom. The Hall–Kier alpha value is -0.900. The van der Waals surface area contributed by atoms with E-state index in [1.54, 1.807) is 0 Å². The molecule has 3 heteroatoms. The summed E-state index contributed by atoms with van der Waals surface area (Å²) in [6.45, 7) is 2.78. The molecule has 0 saturated heterocycles. The van der Waals surface area contributed by atoms with Gasteiger partial charge in [0.1, 0.15) is 0 Å². The molecule has 0 amide bonds. The Bertz CT molecular complexity index is 259. The lowest BCUT2D eigenvalue weighted by atomic mass is 10.1. The van der Waals surface area contributed by atoms with Crippen molar-refractivity contribution >= 4 is 0 Å². The monoisotopic (exact) mass is 208 g/mol. The molecule has 0 saturated carbocycles. The fourth-order valence-corrected chi connectivity index (χ4v) is 1.39. The zero-order chi connectivity index (χ0) is 10.9. The second-order valence-electron chi connectivity index (χ2n) is 3.65. The largest absolute Gasteiger partial charge is 0.392 e. The molecule has 0 aromatic heterocycles. The van der Waals surface area contributed by atoms with Crippen LogP contribution in [0.5, 0.6) is 0 Å². The number of aliphatic hydroxyl groups excluding tert-OH is 1. The van der Waals surface area contributed by atoms with Crippen LogP contribution in [0.2, 0.25) is 0 Å². The van der Waals surface area contributed by atoms with E-state index in [4.69, 9.17) is 10.8 Å². The fraction of sp³-hybridized carbons (Fsp3) is 0.500. The SMILES string of the molecule is NCCCCNCc1ccc(CO)cc1. The van der Waals surface area contributed by atoms with Crippen LogP contribution < -0.4 is 11.1 Å². The van der Waals surface area contributed by atoms with Gasteiger partial charge in [-0.25, -0.2) is 0 Å². The van der Waals surface area contributed by atoms with Crippen LogP contribution in [0.3, 0.4) is 0 Å². The molecular weight excluding hydrogens is 188 g/mol. The van der Waals surface area contributed by atoms with Crippen molar-refractivity contribution in [3.8, 4) is 0 Å². The molecule has 0 aliphatic rings. The van der Waals surface area contributed by atoms with Crippen LogP contribution in [0.25, 0.3) is 0 Å². The average molecular weight is 208 g/mol. The van der Waals surface area contributed by atoms with E-state index in [1.807, 2.05) is 24.3 Å². The maximum absolute atomic E-state index is 8.87. The van der Waals surface area contributed by atoms with Gasteiger partial charge < -0.3 is 16.2 Å². The van der Waals surface area contributed by atoms with Crippen LogP contribution in [0.4, 0.5) is 0 Å². The molecule has 3 nitrogen and oxygen atoms in total. The molecule has 0 bridgehead atoms. The van der Waals surface area contributed by atoms with E-state index in [1.165, 1.54) is 5.56 Å². The Labute approximate surface area is 91.3 Å². The number of hydrogen-bond donors (Lipinski definition) is 3. The minimum atomic E-state index is 0.115. The summed E-state index contributed by atoms with van der Waals surface area (Å²) in [7, 11) is 0. The molecule has 0 fully saturated rings. The van der Waals surface area contributed by atoms with Crippen molar-refractivity contribution in [2.75, 3.05) is 13.1 Å². The van der Waals surface area contributed by atoms with Gasteiger partial charge in [0.25, 0.3) is 0 Å². The van der Waals surface area contributed by atoms with Crippen molar-refractivity contribution < 1.29 is 5.11 Å². The summed E-state index contributed by atoms with van der Waals surface area (Å²) in [5.74, 6) is 0. The topological polar surface area (TPSA) is 58.3 Å². The molecule has 1 rings (SSSR count). The van der Waals surface area contributed by atoms with Crippen molar-refractivity contribution in [3.63, 3.8) is 0 Å². The Balaban J connectivity index is 2.20. The van der Waals surface area contributed by atoms with Gasteiger partial charge in [-0.2, -0.15) is 0 Å². The molecule has 1 aromatic rings. The standard InChI is InChI=1S/C12H20N2O/c13-7-1-2-8-14-9-11-3-5-12(10-15)6-4-11/h3-6,14-15H,1-2,7-10,13H2. The molecule has 0 atom stereocenters. The van der Waals surface area contributed by atoms with Crippen molar-refractivity contribution in [2.24, 2.45) is 5.73 Å². The zero-order valence-corrected chi connectivity index (χ0v) is 9.08. The highest BCUT2D eigenvalue weighted by atomic mass is 16.3. The number of benzene rings is 1. The van der Waals surface area contributed by atoms with Crippen molar-refractivity contribution in [2.45, 2.75) is 26.0 Å². The predicted octanol–water partition coefficient (Wildman–Crippen LogP) is 1.01. The summed E-state index contributed by atoms with van der Waals surface area (Å²) in [6.07, 6.45) is 2.21. The normalized spacial score (nSPS) is 10.5. The van der Waals surface area contributed by atoms with Gasteiger partial charge in [-0.1, -0.05) is 24.3 Å². The van der Waals surface area contributed by atoms with E-state index >= 15 is 0 Å². The Morgan fingerprint density at radius 2 is 1.73 bits per heavy atom. The van der Waals surface area contributed by atoms with E-state index < -0.39 is 0 Å². The first kappa shape index (κ1) is 12.2. The Morgan fingerprint density at radius 3 is 2.33 bits per heavy atom. The van der Waals surface area contributed by atoms with Gasteiger partial charge in [-0.05, 0) is 37.1 Å². The first-order valence-electron chi connectivity index (χ1n) is 5.46. The first-order chi connectivity index (χ1) is 7.36. The molecule has 0 unspecified atom stereocenters. The van der Waals surface area contributed by atoms with Gasteiger partial charge in [0.05, 0.1) is 6.61 Å². The van der Waals surface area contributed by atoms with Gasteiger partial charge in [0, 0.05) is 6.54 Å². The molecular formula is C12H20N2O. The average Bonchev–Trinajstić information content (AvgIpc) is 2.30. The quantitative estimate of drug-likeness (QED) is 0.586. The van der Waals surface area contributed by atoms with Gasteiger partial charge in [-0.3, -0.25) is 0 Å². The number of hydrogen-bond acceptors (Lipinski definition) is 3. The van der Waals surface area contributed by atoms with E-state index in [9.17, 15) is 0 Å². The second-order valence-corrected chi connectivity index (χ2v) is 3.65. The lowest BCUT2D eigenvalue weighted by Crippen LogP contribution is -2.15. The molecule has 0 aliphatic heterocycles. The van der Waals surface area contributed by atoms with E-state index in [2.05, 4.69) is 5.32 Å². The molecule has 0 spiro atoms. The summed E-state index contributed by atoms with van der Waals surface area (Å²) in [6, 6.07) is 8.00. The Kier molecular flexibility index (Phi) is 6.00. The third-order valence-electron chi connectivity index (χ3n) is 2.34. The van der Waals surface area contributed by atoms with Crippen molar-refractivity contribution in [1.82, 2.24) is 5.32 Å². The lowest BCUT2D eigenvalue weighted by Gasteiger charge is -2.05. The van der Waals surface area contributed by atoms with Crippen molar-refractivity contribution in [1.29, 1.82) is 0 Å². The van der Waals surface area contributed by atoms with Crippen LogP contribution in [0.15, 0.2) is 24.3 Å². The minimum absolute atomic E-state index is 0.115. The minimum Gasteiger partial charge on any atom is -0.392 e. The summed E-state index contributed by atoms with van der Waals surface area (Å²) in [5, 5.41) is 12.2. The molecule has 1 aromatic carbocycles. The second kappa shape index (κ2) is 7.40. The lowest BCUT2D eigenvalue weighted by molar-refractivity contribution is 0.282. The third-order valence-corrected chi connectivity index (χ3v) is 2.34. The zero-order valence-electron chi connectivity index (χ0n) is 9.08. The van der Waals surface area contributed by atoms with E-state index in [0.717, 1.165) is 38.0 Å².